The Morgan fingerprint density at radius 3 is 2.40 bits per heavy atom. The molecule has 2 saturated heterocycles. The van der Waals surface area contributed by atoms with Crippen molar-refractivity contribution in [1.29, 1.82) is 0 Å². The number of urea groups is 1. The molecule has 0 unspecified atom stereocenters. The second kappa shape index (κ2) is 6.98. The number of hydrogen-bond donors (Lipinski definition) is 1. The average Bonchev–Trinajstić information content (AvgIpc) is 2.81. The Balaban J connectivity index is 1.71. The van der Waals surface area contributed by atoms with E-state index < -0.39 is 5.54 Å². The molecule has 0 bridgehead atoms. The molecule has 0 saturated carbocycles. The highest BCUT2D eigenvalue weighted by Gasteiger charge is 2.54. The first-order valence-corrected chi connectivity index (χ1v) is 9.15. The zero-order valence-corrected chi connectivity index (χ0v) is 15.3. The van der Waals surface area contributed by atoms with Crippen LogP contribution in [0.15, 0.2) is 12.4 Å². The molecule has 2 aliphatic rings. The van der Waals surface area contributed by atoms with Gasteiger partial charge < -0.3 is 9.80 Å². The zero-order valence-electron chi connectivity index (χ0n) is 15.3. The third-order valence-corrected chi connectivity index (χ3v) is 5.06. The average molecular weight is 345 g/mol. The topological polar surface area (TPSA) is 78.4 Å². The molecule has 25 heavy (non-hydrogen) atoms. The van der Waals surface area contributed by atoms with E-state index in [9.17, 15) is 9.59 Å². The molecular weight excluding hydrogens is 318 g/mol. The molecule has 1 spiro atoms. The van der Waals surface area contributed by atoms with Gasteiger partial charge in [0.25, 0.3) is 5.91 Å². The van der Waals surface area contributed by atoms with Gasteiger partial charge in [0.05, 0.1) is 0 Å². The van der Waals surface area contributed by atoms with Crippen LogP contribution in [-0.4, -0.2) is 52.0 Å². The van der Waals surface area contributed by atoms with Crippen LogP contribution in [0.25, 0.3) is 0 Å². The molecule has 3 rings (SSSR count). The molecule has 0 atom stereocenters. The first-order valence-electron chi connectivity index (χ1n) is 9.15. The Bertz CT molecular complexity index is 635. The van der Waals surface area contributed by atoms with Crippen LogP contribution in [0.1, 0.15) is 45.6 Å². The summed E-state index contributed by atoms with van der Waals surface area (Å²) in [6.45, 7) is 8.19. The van der Waals surface area contributed by atoms with Gasteiger partial charge in [-0.2, -0.15) is 0 Å². The van der Waals surface area contributed by atoms with Crippen molar-refractivity contribution in [3.63, 3.8) is 0 Å². The van der Waals surface area contributed by atoms with Crippen LogP contribution in [0.5, 0.6) is 0 Å². The number of nitrogens with zero attached hydrogens (tertiary/aromatic N) is 4. The lowest BCUT2D eigenvalue weighted by Gasteiger charge is -2.42. The summed E-state index contributed by atoms with van der Waals surface area (Å²) in [5.41, 5.74) is 0.434. The lowest BCUT2D eigenvalue weighted by molar-refractivity contribution is -0.127. The number of piperidine rings is 1. The summed E-state index contributed by atoms with van der Waals surface area (Å²) in [5, 5.41) is 2.51. The fourth-order valence-corrected chi connectivity index (χ4v) is 3.72. The van der Waals surface area contributed by atoms with Crippen LogP contribution < -0.4 is 10.2 Å². The second-order valence-electron chi connectivity index (χ2n) is 7.42. The van der Waals surface area contributed by atoms with Gasteiger partial charge in [0.15, 0.2) is 0 Å². The molecule has 0 aliphatic carbocycles. The molecule has 136 valence electrons. The Hall–Kier alpha value is -2.18. The SMILES string of the molecule is CCCc1cnc(N2CCC3(CC2)C(=O)NC(=O)N3CC(C)C)nc1. The van der Waals surface area contributed by atoms with E-state index in [1.807, 2.05) is 12.4 Å². The largest absolute Gasteiger partial charge is 0.341 e. The van der Waals surface area contributed by atoms with E-state index in [4.69, 9.17) is 0 Å². The molecule has 0 aromatic carbocycles. The number of anilines is 1. The summed E-state index contributed by atoms with van der Waals surface area (Å²) in [6, 6.07) is -0.257. The summed E-state index contributed by atoms with van der Waals surface area (Å²) >= 11 is 0. The number of imide groups is 1. The minimum atomic E-state index is -0.708. The molecule has 2 fully saturated rings. The maximum absolute atomic E-state index is 12.5. The van der Waals surface area contributed by atoms with Crippen LogP contribution >= 0.6 is 0 Å². The van der Waals surface area contributed by atoms with Gasteiger partial charge in [-0.1, -0.05) is 27.2 Å². The Labute approximate surface area is 148 Å². The van der Waals surface area contributed by atoms with Crippen molar-refractivity contribution in [3.8, 4) is 0 Å². The standard InChI is InChI=1S/C18H27N5O2/c1-4-5-14-10-19-16(20-11-14)22-8-6-18(7-9-22)15(24)21-17(25)23(18)12-13(2)3/h10-11,13H,4-9,12H2,1-3H3,(H,21,24,25). The number of carbonyl (C=O) groups excluding carboxylic acids is 2. The number of amides is 3. The molecule has 0 radical (unpaired) electrons. The fourth-order valence-electron chi connectivity index (χ4n) is 3.72. The van der Waals surface area contributed by atoms with Gasteiger partial charge in [0.2, 0.25) is 5.95 Å². The summed E-state index contributed by atoms with van der Waals surface area (Å²) < 4.78 is 0. The smallest absolute Gasteiger partial charge is 0.325 e. The highest BCUT2D eigenvalue weighted by Crippen LogP contribution is 2.34. The van der Waals surface area contributed by atoms with Crippen LogP contribution in [0.3, 0.4) is 0 Å². The van der Waals surface area contributed by atoms with E-state index in [2.05, 4.69) is 41.0 Å². The van der Waals surface area contributed by atoms with E-state index in [0.717, 1.165) is 18.4 Å². The Morgan fingerprint density at radius 2 is 1.84 bits per heavy atom. The molecule has 1 aromatic heterocycles. The lowest BCUT2D eigenvalue weighted by Crippen LogP contribution is -2.57. The number of nitrogens with one attached hydrogen (secondary N) is 1. The van der Waals surface area contributed by atoms with Crippen LogP contribution in [0.2, 0.25) is 0 Å². The molecule has 7 heteroatoms. The zero-order chi connectivity index (χ0) is 18.0. The normalized spacial score (nSPS) is 19.8. The van der Waals surface area contributed by atoms with Gasteiger partial charge in [-0.05, 0) is 30.7 Å². The summed E-state index contributed by atoms with van der Waals surface area (Å²) in [4.78, 5) is 37.5. The van der Waals surface area contributed by atoms with Gasteiger partial charge in [-0.3, -0.25) is 10.1 Å². The highest BCUT2D eigenvalue weighted by atomic mass is 16.2. The third kappa shape index (κ3) is 3.32. The molecule has 1 aromatic rings. The Morgan fingerprint density at radius 1 is 1.20 bits per heavy atom. The van der Waals surface area contributed by atoms with Crippen molar-refractivity contribution in [2.24, 2.45) is 5.92 Å². The van der Waals surface area contributed by atoms with Gasteiger partial charge in [0, 0.05) is 32.0 Å². The minimum absolute atomic E-state index is 0.156. The van der Waals surface area contributed by atoms with Crippen molar-refractivity contribution < 1.29 is 9.59 Å². The number of rotatable bonds is 5. The Kier molecular flexibility index (Phi) is 4.92. The third-order valence-electron chi connectivity index (χ3n) is 5.06. The van der Waals surface area contributed by atoms with Crippen molar-refractivity contribution in [2.45, 2.75) is 52.0 Å². The molecule has 1 N–H and O–H groups in total. The first kappa shape index (κ1) is 17.6. The highest BCUT2D eigenvalue weighted by molar-refractivity contribution is 6.07. The van der Waals surface area contributed by atoms with Crippen molar-refractivity contribution in [3.05, 3.63) is 18.0 Å². The predicted octanol–water partition coefficient (Wildman–Crippen LogP) is 1.98. The maximum atomic E-state index is 12.5. The van der Waals surface area contributed by atoms with E-state index >= 15 is 0 Å². The summed E-state index contributed by atoms with van der Waals surface area (Å²) in [6.07, 6.45) is 7.04. The van der Waals surface area contributed by atoms with Crippen LogP contribution in [0, 0.1) is 5.92 Å². The monoisotopic (exact) mass is 345 g/mol. The molecule has 7 nitrogen and oxygen atoms in total. The molecular formula is C18H27N5O2. The van der Waals surface area contributed by atoms with Gasteiger partial charge in [-0.25, -0.2) is 14.8 Å². The number of carbonyl (C=O) groups is 2. The van der Waals surface area contributed by atoms with Crippen molar-refractivity contribution in [2.75, 3.05) is 24.5 Å². The molecule has 2 aliphatic heterocycles. The predicted molar refractivity (Wildman–Crippen MR) is 95.3 cm³/mol. The quantitative estimate of drug-likeness (QED) is 0.826. The van der Waals surface area contributed by atoms with E-state index in [0.29, 0.717) is 44.3 Å². The van der Waals surface area contributed by atoms with E-state index in [1.165, 1.54) is 0 Å². The van der Waals surface area contributed by atoms with E-state index in [-0.39, 0.29) is 11.9 Å². The number of hydrogen-bond acceptors (Lipinski definition) is 5. The number of aryl methyl sites for hydroxylation is 1. The fraction of sp³-hybridized carbons (Fsp3) is 0.667. The molecule has 3 amide bonds. The summed E-state index contributed by atoms with van der Waals surface area (Å²) in [5.74, 6) is 0.868. The van der Waals surface area contributed by atoms with Crippen LogP contribution in [-0.2, 0) is 11.2 Å². The summed E-state index contributed by atoms with van der Waals surface area (Å²) in [7, 11) is 0. The first-order chi connectivity index (χ1) is 12.0. The second-order valence-corrected chi connectivity index (χ2v) is 7.42. The lowest BCUT2D eigenvalue weighted by atomic mass is 9.85. The molecule has 3 heterocycles. The minimum Gasteiger partial charge on any atom is -0.341 e. The van der Waals surface area contributed by atoms with E-state index in [1.54, 1.807) is 4.90 Å². The van der Waals surface area contributed by atoms with Crippen molar-refractivity contribution >= 4 is 17.9 Å². The van der Waals surface area contributed by atoms with Crippen molar-refractivity contribution in [1.82, 2.24) is 20.2 Å². The van der Waals surface area contributed by atoms with Gasteiger partial charge in [0.1, 0.15) is 5.54 Å². The van der Waals surface area contributed by atoms with Crippen LogP contribution in [0.4, 0.5) is 10.7 Å². The number of aromatic nitrogens is 2. The van der Waals surface area contributed by atoms with Gasteiger partial charge >= 0.3 is 6.03 Å². The van der Waals surface area contributed by atoms with Gasteiger partial charge in [-0.15, -0.1) is 0 Å². The maximum Gasteiger partial charge on any atom is 0.325 e.